The molecule has 0 fully saturated rings. The second kappa shape index (κ2) is 6.96. The third-order valence-corrected chi connectivity index (χ3v) is 5.42. The quantitative estimate of drug-likeness (QED) is 0.893. The highest BCUT2D eigenvalue weighted by molar-refractivity contribution is 5.81. The fourth-order valence-electron chi connectivity index (χ4n) is 3.85. The molecule has 0 spiro atoms. The van der Waals surface area contributed by atoms with Gasteiger partial charge in [0, 0.05) is 39.0 Å². The summed E-state index contributed by atoms with van der Waals surface area (Å²) in [6.45, 7) is 5.41. The molecule has 2 aliphatic heterocycles. The van der Waals surface area contributed by atoms with Crippen LogP contribution >= 0.6 is 0 Å². The van der Waals surface area contributed by atoms with Gasteiger partial charge in [0.25, 0.3) is 0 Å². The van der Waals surface area contributed by atoms with Gasteiger partial charge in [-0.3, -0.25) is 9.69 Å². The summed E-state index contributed by atoms with van der Waals surface area (Å²) >= 11 is 0. The van der Waals surface area contributed by atoms with Crippen molar-refractivity contribution >= 4 is 5.91 Å². The number of carbonyl (C=O) groups is 1. The van der Waals surface area contributed by atoms with Crippen molar-refractivity contribution in [1.82, 2.24) is 25.0 Å². The van der Waals surface area contributed by atoms with Crippen molar-refractivity contribution in [1.29, 1.82) is 0 Å². The first-order chi connectivity index (χ1) is 12.2. The molecule has 6 nitrogen and oxygen atoms in total. The lowest BCUT2D eigenvalue weighted by Crippen LogP contribution is -2.47. The average Bonchev–Trinajstić information content (AvgIpc) is 3.25. The Labute approximate surface area is 148 Å². The Morgan fingerprint density at radius 2 is 2.04 bits per heavy atom. The predicted octanol–water partition coefficient (Wildman–Crippen LogP) is 1.33. The summed E-state index contributed by atoms with van der Waals surface area (Å²) in [4.78, 5) is 14.8. The molecule has 1 aromatic carbocycles. The van der Waals surface area contributed by atoms with E-state index in [4.69, 9.17) is 0 Å². The summed E-state index contributed by atoms with van der Waals surface area (Å²) in [5.74, 6) is 2.18. The van der Waals surface area contributed by atoms with Crippen LogP contribution in [0.3, 0.4) is 0 Å². The lowest BCUT2D eigenvalue weighted by Gasteiger charge is -2.32. The maximum Gasteiger partial charge on any atom is 0.237 e. The van der Waals surface area contributed by atoms with E-state index in [9.17, 15) is 4.79 Å². The number of nitrogens with one attached hydrogen (secondary N) is 1. The molecule has 1 unspecified atom stereocenters. The minimum atomic E-state index is -0.113. The Morgan fingerprint density at radius 1 is 1.20 bits per heavy atom. The second-order valence-electron chi connectivity index (χ2n) is 6.99. The molecule has 2 aromatic rings. The zero-order valence-corrected chi connectivity index (χ0v) is 14.7. The number of hydrogen-bond donors (Lipinski definition) is 1. The molecule has 0 aliphatic carbocycles. The number of nitrogens with zero attached hydrogens (tertiary/aromatic N) is 4. The number of aromatic nitrogens is 3. The molecule has 0 saturated heterocycles. The number of hydrogen-bond acceptors (Lipinski definition) is 4. The van der Waals surface area contributed by atoms with E-state index in [0.29, 0.717) is 6.54 Å². The Hall–Kier alpha value is -2.21. The van der Waals surface area contributed by atoms with Crippen molar-refractivity contribution in [3.05, 3.63) is 47.0 Å². The Balaban J connectivity index is 1.29. The minimum Gasteiger partial charge on any atom is -0.354 e. The van der Waals surface area contributed by atoms with E-state index in [1.165, 1.54) is 11.1 Å². The van der Waals surface area contributed by atoms with Crippen LogP contribution in [0.5, 0.6) is 0 Å². The third kappa shape index (κ3) is 3.31. The monoisotopic (exact) mass is 339 g/mol. The Bertz CT molecular complexity index is 769. The largest absolute Gasteiger partial charge is 0.354 e. The first-order valence-corrected chi connectivity index (χ1v) is 9.22. The van der Waals surface area contributed by atoms with E-state index in [1.54, 1.807) is 0 Å². The molecule has 2 aliphatic rings. The smallest absolute Gasteiger partial charge is 0.237 e. The molecular weight excluding hydrogens is 314 g/mol. The van der Waals surface area contributed by atoms with E-state index in [1.807, 2.05) is 6.92 Å². The molecule has 1 aromatic heterocycles. The molecule has 132 valence electrons. The molecule has 1 amide bonds. The molecule has 25 heavy (non-hydrogen) atoms. The van der Waals surface area contributed by atoms with Crippen LogP contribution in [0.25, 0.3) is 0 Å². The van der Waals surface area contributed by atoms with Gasteiger partial charge in [0.2, 0.25) is 5.91 Å². The zero-order chi connectivity index (χ0) is 17.2. The van der Waals surface area contributed by atoms with Gasteiger partial charge in [0.15, 0.2) is 0 Å². The van der Waals surface area contributed by atoms with Crippen molar-refractivity contribution in [2.75, 3.05) is 13.1 Å². The molecule has 4 rings (SSSR count). The maximum absolute atomic E-state index is 12.5. The van der Waals surface area contributed by atoms with Crippen LogP contribution in [0.2, 0.25) is 0 Å². The second-order valence-corrected chi connectivity index (χ2v) is 6.99. The van der Waals surface area contributed by atoms with Crippen LogP contribution in [0, 0.1) is 0 Å². The number of carbonyl (C=O) groups excluding carboxylic acids is 1. The first kappa shape index (κ1) is 16.3. The Morgan fingerprint density at radius 3 is 2.92 bits per heavy atom. The maximum atomic E-state index is 12.5. The highest BCUT2D eigenvalue weighted by Gasteiger charge is 2.25. The lowest BCUT2D eigenvalue weighted by molar-refractivity contribution is -0.126. The number of rotatable bonds is 5. The fourth-order valence-corrected chi connectivity index (χ4v) is 3.85. The van der Waals surface area contributed by atoms with Gasteiger partial charge in [-0.05, 0) is 30.9 Å². The van der Waals surface area contributed by atoms with Crippen molar-refractivity contribution in [2.45, 2.75) is 51.7 Å². The fraction of sp³-hybridized carbons (Fsp3) is 0.526. The first-order valence-electron chi connectivity index (χ1n) is 9.22. The van der Waals surface area contributed by atoms with E-state index < -0.39 is 0 Å². The summed E-state index contributed by atoms with van der Waals surface area (Å²) < 4.78 is 2.19. The number of amides is 1. The molecule has 0 saturated carbocycles. The van der Waals surface area contributed by atoms with E-state index in [2.05, 4.69) is 49.2 Å². The lowest BCUT2D eigenvalue weighted by atomic mass is 9.99. The topological polar surface area (TPSA) is 63.1 Å². The molecule has 3 heterocycles. The van der Waals surface area contributed by atoms with Gasteiger partial charge in [-0.25, -0.2) is 0 Å². The van der Waals surface area contributed by atoms with Gasteiger partial charge in [0.05, 0.1) is 6.04 Å². The van der Waals surface area contributed by atoms with Crippen LogP contribution in [-0.4, -0.2) is 44.7 Å². The van der Waals surface area contributed by atoms with Gasteiger partial charge in [-0.15, -0.1) is 10.2 Å². The summed E-state index contributed by atoms with van der Waals surface area (Å²) in [6.07, 6.45) is 3.93. The molecule has 0 bridgehead atoms. The molecule has 1 N–H and O–H groups in total. The van der Waals surface area contributed by atoms with Crippen LogP contribution < -0.4 is 5.32 Å². The highest BCUT2D eigenvalue weighted by Crippen LogP contribution is 2.20. The minimum absolute atomic E-state index is 0.0977. The SMILES string of the molecule is CC(C(=O)NCCc1nnc2n1CCC2)N1CCc2ccccc2C1. The van der Waals surface area contributed by atoms with Gasteiger partial charge < -0.3 is 9.88 Å². The summed E-state index contributed by atoms with van der Waals surface area (Å²) in [7, 11) is 0. The van der Waals surface area contributed by atoms with Gasteiger partial charge in [-0.2, -0.15) is 0 Å². The molecule has 0 radical (unpaired) electrons. The summed E-state index contributed by atoms with van der Waals surface area (Å²) in [6, 6.07) is 8.40. The number of aryl methyl sites for hydroxylation is 1. The number of fused-ring (bicyclic) bond motifs is 2. The summed E-state index contributed by atoms with van der Waals surface area (Å²) in [5, 5.41) is 11.5. The zero-order valence-electron chi connectivity index (χ0n) is 14.7. The predicted molar refractivity (Wildman–Crippen MR) is 95.1 cm³/mol. The van der Waals surface area contributed by atoms with Crippen molar-refractivity contribution in [3.8, 4) is 0 Å². The third-order valence-electron chi connectivity index (χ3n) is 5.42. The van der Waals surface area contributed by atoms with E-state index >= 15 is 0 Å². The normalized spacial score (nSPS) is 17.8. The molecule has 6 heteroatoms. The van der Waals surface area contributed by atoms with Crippen molar-refractivity contribution in [3.63, 3.8) is 0 Å². The Kier molecular flexibility index (Phi) is 4.53. The van der Waals surface area contributed by atoms with Gasteiger partial charge in [-0.1, -0.05) is 24.3 Å². The van der Waals surface area contributed by atoms with Gasteiger partial charge >= 0.3 is 0 Å². The van der Waals surface area contributed by atoms with Crippen molar-refractivity contribution < 1.29 is 4.79 Å². The van der Waals surface area contributed by atoms with Crippen LogP contribution in [-0.2, 0) is 37.1 Å². The van der Waals surface area contributed by atoms with Crippen molar-refractivity contribution in [2.24, 2.45) is 0 Å². The molecular formula is C19H25N5O. The highest BCUT2D eigenvalue weighted by atomic mass is 16.2. The number of benzene rings is 1. The van der Waals surface area contributed by atoms with Gasteiger partial charge in [0.1, 0.15) is 11.6 Å². The standard InChI is InChI=1S/C19H25N5O/c1-14(23-12-9-15-5-2-3-6-16(15)13-23)19(25)20-10-8-18-22-21-17-7-4-11-24(17)18/h2-3,5-6,14H,4,7-13H2,1H3,(H,20,25). The van der Waals surface area contributed by atoms with Crippen LogP contribution in [0.4, 0.5) is 0 Å². The van der Waals surface area contributed by atoms with Crippen LogP contribution in [0.1, 0.15) is 36.1 Å². The van der Waals surface area contributed by atoms with E-state index in [0.717, 1.165) is 57.0 Å². The average molecular weight is 339 g/mol. The molecule has 1 atom stereocenters. The summed E-state index contributed by atoms with van der Waals surface area (Å²) in [5.41, 5.74) is 2.75. The van der Waals surface area contributed by atoms with Crippen LogP contribution in [0.15, 0.2) is 24.3 Å². The van der Waals surface area contributed by atoms with E-state index in [-0.39, 0.29) is 11.9 Å².